The molecule has 0 aliphatic heterocycles. The summed E-state index contributed by atoms with van der Waals surface area (Å²) in [5.41, 5.74) is 0. The summed E-state index contributed by atoms with van der Waals surface area (Å²) in [5, 5.41) is 0. The van der Waals surface area contributed by atoms with Crippen molar-refractivity contribution in [3.63, 3.8) is 0 Å². The van der Waals surface area contributed by atoms with Crippen molar-refractivity contribution in [3.05, 3.63) is 11.7 Å². The van der Waals surface area contributed by atoms with E-state index in [9.17, 15) is 13.2 Å². The Kier molecular flexibility index (Phi) is 4.28. The van der Waals surface area contributed by atoms with Gasteiger partial charge >= 0.3 is 6.18 Å². The van der Waals surface area contributed by atoms with Gasteiger partial charge in [0, 0.05) is 5.92 Å². The average Bonchev–Trinajstić information content (AvgIpc) is 2.81. The van der Waals surface area contributed by atoms with Gasteiger partial charge in [-0.3, -0.25) is 0 Å². The van der Waals surface area contributed by atoms with Crippen molar-refractivity contribution in [2.24, 2.45) is 5.92 Å². The van der Waals surface area contributed by atoms with Gasteiger partial charge in [-0.25, -0.2) is 0 Å². The first kappa shape index (κ1) is 14.5. The molecule has 0 aromatic carbocycles. The van der Waals surface area contributed by atoms with E-state index in [-0.39, 0.29) is 24.6 Å². The highest BCUT2D eigenvalue weighted by molar-refractivity contribution is 6.16. The van der Waals surface area contributed by atoms with Gasteiger partial charge in [-0.15, -0.1) is 11.6 Å². The molecule has 1 aliphatic rings. The van der Waals surface area contributed by atoms with E-state index in [1.54, 1.807) is 0 Å². The van der Waals surface area contributed by atoms with Crippen LogP contribution in [0.3, 0.4) is 0 Å². The number of hydrogen-bond acceptors (Lipinski definition) is 3. The molecule has 0 N–H and O–H groups in total. The second kappa shape index (κ2) is 5.61. The van der Waals surface area contributed by atoms with E-state index in [0.29, 0.717) is 30.4 Å². The lowest BCUT2D eigenvalue weighted by molar-refractivity contribution is -0.182. The fourth-order valence-corrected chi connectivity index (χ4v) is 2.61. The Balaban J connectivity index is 2.03. The van der Waals surface area contributed by atoms with Crippen molar-refractivity contribution in [2.45, 2.75) is 43.7 Å². The number of hydrogen-bond donors (Lipinski definition) is 0. The summed E-state index contributed by atoms with van der Waals surface area (Å²) >= 11 is 5.68. The first-order valence-electron chi connectivity index (χ1n) is 6.12. The zero-order valence-electron chi connectivity index (χ0n) is 10.5. The Morgan fingerprint density at radius 2 is 1.95 bits per heavy atom. The van der Waals surface area contributed by atoms with Gasteiger partial charge in [0.05, 0.1) is 18.9 Å². The van der Waals surface area contributed by atoms with E-state index in [2.05, 4.69) is 4.98 Å². The highest BCUT2D eigenvalue weighted by Crippen LogP contribution is 2.43. The standard InChI is InChI=1S/C12H15ClF3NO2/c1-18-11-9(6-13)19-10(17-11)7-2-4-8(5-3-7)12(14,15)16/h7-8H,2-6H2,1H3. The van der Waals surface area contributed by atoms with Crippen LogP contribution in [0.15, 0.2) is 4.42 Å². The number of halogens is 4. The van der Waals surface area contributed by atoms with Crippen LogP contribution in [-0.2, 0) is 5.88 Å². The molecule has 0 unspecified atom stereocenters. The molecular formula is C12H15ClF3NO2. The van der Waals surface area contributed by atoms with Crippen molar-refractivity contribution in [2.75, 3.05) is 7.11 Å². The molecule has 0 saturated heterocycles. The fraction of sp³-hybridized carbons (Fsp3) is 0.750. The Bertz CT molecular complexity index is 404. The molecule has 0 spiro atoms. The van der Waals surface area contributed by atoms with E-state index in [1.165, 1.54) is 7.11 Å². The molecule has 7 heteroatoms. The molecule has 0 amide bonds. The second-order valence-corrected chi connectivity index (χ2v) is 4.98. The lowest BCUT2D eigenvalue weighted by Crippen LogP contribution is -2.27. The van der Waals surface area contributed by atoms with Crippen LogP contribution < -0.4 is 4.74 Å². The summed E-state index contributed by atoms with van der Waals surface area (Å²) in [7, 11) is 1.46. The van der Waals surface area contributed by atoms with E-state index in [0.717, 1.165) is 0 Å². The number of oxazole rings is 1. The summed E-state index contributed by atoms with van der Waals surface area (Å²) in [6.07, 6.45) is -3.00. The van der Waals surface area contributed by atoms with Crippen LogP contribution in [0.25, 0.3) is 0 Å². The summed E-state index contributed by atoms with van der Waals surface area (Å²) in [5.74, 6) is 0.0411. The van der Waals surface area contributed by atoms with Crippen LogP contribution in [-0.4, -0.2) is 18.3 Å². The van der Waals surface area contributed by atoms with Crippen molar-refractivity contribution < 1.29 is 22.3 Å². The molecule has 108 valence electrons. The molecule has 1 aliphatic carbocycles. The summed E-state index contributed by atoms with van der Waals surface area (Å²) < 4.78 is 48.2. The third-order valence-corrected chi connectivity index (χ3v) is 3.77. The molecule has 1 fully saturated rings. The Morgan fingerprint density at radius 3 is 2.37 bits per heavy atom. The minimum Gasteiger partial charge on any atom is -0.478 e. The van der Waals surface area contributed by atoms with Gasteiger partial charge in [-0.2, -0.15) is 18.2 Å². The quantitative estimate of drug-likeness (QED) is 0.782. The molecule has 1 aromatic rings. The number of alkyl halides is 4. The van der Waals surface area contributed by atoms with Gasteiger partial charge in [0.15, 0.2) is 5.76 Å². The largest absolute Gasteiger partial charge is 0.478 e. The van der Waals surface area contributed by atoms with Gasteiger partial charge < -0.3 is 9.15 Å². The predicted molar refractivity (Wildman–Crippen MR) is 63.4 cm³/mol. The highest BCUT2D eigenvalue weighted by atomic mass is 35.5. The molecular weight excluding hydrogens is 283 g/mol. The highest BCUT2D eigenvalue weighted by Gasteiger charge is 2.42. The van der Waals surface area contributed by atoms with Gasteiger partial charge in [0.2, 0.25) is 5.89 Å². The van der Waals surface area contributed by atoms with Crippen LogP contribution in [0, 0.1) is 5.92 Å². The lowest BCUT2D eigenvalue weighted by atomic mass is 9.81. The van der Waals surface area contributed by atoms with Crippen LogP contribution in [0.4, 0.5) is 13.2 Å². The van der Waals surface area contributed by atoms with Gasteiger partial charge in [-0.05, 0) is 25.7 Å². The van der Waals surface area contributed by atoms with Gasteiger partial charge in [0.1, 0.15) is 0 Å². The fourth-order valence-electron chi connectivity index (χ4n) is 2.44. The average molecular weight is 298 g/mol. The minimum atomic E-state index is -4.10. The molecule has 1 saturated carbocycles. The smallest absolute Gasteiger partial charge is 0.391 e. The van der Waals surface area contributed by atoms with E-state index in [4.69, 9.17) is 20.8 Å². The Labute approximate surface area is 114 Å². The van der Waals surface area contributed by atoms with E-state index in [1.807, 2.05) is 0 Å². The topological polar surface area (TPSA) is 35.3 Å². The molecule has 1 aromatic heterocycles. The zero-order valence-corrected chi connectivity index (χ0v) is 11.2. The van der Waals surface area contributed by atoms with Crippen LogP contribution in [0.5, 0.6) is 5.88 Å². The molecule has 0 radical (unpaired) electrons. The van der Waals surface area contributed by atoms with Crippen LogP contribution in [0.1, 0.15) is 43.3 Å². The zero-order chi connectivity index (χ0) is 14.0. The first-order chi connectivity index (χ1) is 8.95. The number of rotatable bonds is 3. The maximum Gasteiger partial charge on any atom is 0.391 e. The molecule has 0 bridgehead atoms. The van der Waals surface area contributed by atoms with Crippen molar-refractivity contribution in [3.8, 4) is 5.88 Å². The Morgan fingerprint density at radius 1 is 1.32 bits per heavy atom. The molecule has 1 heterocycles. The number of ether oxygens (including phenoxy) is 1. The maximum absolute atomic E-state index is 12.6. The van der Waals surface area contributed by atoms with Crippen molar-refractivity contribution in [1.29, 1.82) is 0 Å². The number of methoxy groups -OCH3 is 1. The second-order valence-electron chi connectivity index (χ2n) is 4.71. The molecule has 3 nitrogen and oxygen atoms in total. The molecule has 0 atom stereocenters. The lowest BCUT2D eigenvalue weighted by Gasteiger charge is -2.28. The predicted octanol–water partition coefficient (Wildman–Crippen LogP) is 4.26. The monoisotopic (exact) mass is 297 g/mol. The maximum atomic E-state index is 12.6. The number of nitrogens with zero attached hydrogens (tertiary/aromatic N) is 1. The van der Waals surface area contributed by atoms with Crippen molar-refractivity contribution >= 4 is 11.6 Å². The van der Waals surface area contributed by atoms with Gasteiger partial charge in [-0.1, -0.05) is 0 Å². The summed E-state index contributed by atoms with van der Waals surface area (Å²) in [6, 6.07) is 0. The number of aromatic nitrogens is 1. The van der Waals surface area contributed by atoms with Crippen molar-refractivity contribution in [1.82, 2.24) is 4.98 Å². The molecule has 2 rings (SSSR count). The third-order valence-electron chi connectivity index (χ3n) is 3.53. The Hall–Kier alpha value is -0.910. The van der Waals surface area contributed by atoms with Crippen LogP contribution >= 0.6 is 11.6 Å². The van der Waals surface area contributed by atoms with E-state index < -0.39 is 12.1 Å². The minimum absolute atomic E-state index is 0.0792. The normalized spacial score (nSPS) is 24.5. The van der Waals surface area contributed by atoms with E-state index >= 15 is 0 Å². The SMILES string of the molecule is COc1nc(C2CCC(C(F)(F)F)CC2)oc1CCl. The van der Waals surface area contributed by atoms with Crippen LogP contribution in [0.2, 0.25) is 0 Å². The first-order valence-corrected chi connectivity index (χ1v) is 6.65. The van der Waals surface area contributed by atoms with Gasteiger partial charge in [0.25, 0.3) is 5.88 Å². The summed E-state index contributed by atoms with van der Waals surface area (Å²) in [4.78, 5) is 4.16. The third kappa shape index (κ3) is 3.16. The molecule has 19 heavy (non-hydrogen) atoms. The summed E-state index contributed by atoms with van der Waals surface area (Å²) in [6.45, 7) is 0.